The quantitative estimate of drug-likeness (QED) is 0.514. The molecule has 13 heavy (non-hydrogen) atoms. The van der Waals surface area contributed by atoms with Crippen LogP contribution in [-0.2, 0) is 0 Å². The predicted molar refractivity (Wildman–Crippen MR) is 49.6 cm³/mol. The van der Waals surface area contributed by atoms with Crippen LogP contribution < -0.4 is 0 Å². The van der Waals surface area contributed by atoms with Gasteiger partial charge in [-0.25, -0.2) is 0 Å². The normalized spacial score (nSPS) is 11.4. The summed E-state index contributed by atoms with van der Waals surface area (Å²) in [6.45, 7) is 3.34. The second kappa shape index (κ2) is 3.80. The highest BCUT2D eigenvalue weighted by Crippen LogP contribution is 2.10. The maximum Gasteiger partial charge on any atom is 0.243 e. The minimum absolute atomic E-state index is 0.134. The molecule has 4 nitrogen and oxygen atoms in total. The van der Waals surface area contributed by atoms with Gasteiger partial charge in [0.15, 0.2) is 0 Å². The van der Waals surface area contributed by atoms with E-state index in [1.54, 1.807) is 18.5 Å². The van der Waals surface area contributed by atoms with Crippen molar-refractivity contribution in [1.29, 1.82) is 0 Å². The molecule has 0 N–H and O–H groups in total. The highest BCUT2D eigenvalue weighted by Gasteiger charge is 2.02. The monoisotopic (exact) mass is 178 g/mol. The second-order valence-corrected chi connectivity index (χ2v) is 2.78. The van der Waals surface area contributed by atoms with Crippen LogP contribution in [0.2, 0.25) is 0 Å². The molecule has 0 fully saturated rings. The molecule has 0 saturated carbocycles. The van der Waals surface area contributed by atoms with Gasteiger partial charge in [0, 0.05) is 25.4 Å². The van der Waals surface area contributed by atoms with Gasteiger partial charge in [0.05, 0.1) is 4.92 Å². The number of allylic oxidation sites excluding steroid dienone is 1. The van der Waals surface area contributed by atoms with Gasteiger partial charge in [0.1, 0.15) is 0 Å². The van der Waals surface area contributed by atoms with Crippen molar-refractivity contribution in [3.63, 3.8) is 0 Å². The SMILES string of the molecule is C/C(=C/c1ccncc1C)[N+](=O)[O-]. The molecule has 4 heteroatoms. The molecule has 1 aromatic rings. The third kappa shape index (κ3) is 2.37. The summed E-state index contributed by atoms with van der Waals surface area (Å²) in [5.74, 6) is 0. The second-order valence-electron chi connectivity index (χ2n) is 2.78. The lowest BCUT2D eigenvalue weighted by atomic mass is 10.1. The summed E-state index contributed by atoms with van der Waals surface area (Å²) in [4.78, 5) is 13.8. The fourth-order valence-electron chi connectivity index (χ4n) is 0.924. The first-order chi connectivity index (χ1) is 6.11. The zero-order chi connectivity index (χ0) is 9.84. The van der Waals surface area contributed by atoms with E-state index in [2.05, 4.69) is 4.98 Å². The minimum atomic E-state index is -0.403. The van der Waals surface area contributed by atoms with E-state index in [0.717, 1.165) is 11.1 Å². The number of rotatable bonds is 2. The number of nitro groups is 1. The molecule has 0 atom stereocenters. The Hall–Kier alpha value is -1.71. The van der Waals surface area contributed by atoms with Gasteiger partial charge in [-0.3, -0.25) is 15.1 Å². The van der Waals surface area contributed by atoms with Crippen LogP contribution >= 0.6 is 0 Å². The Kier molecular flexibility index (Phi) is 2.74. The van der Waals surface area contributed by atoms with E-state index in [4.69, 9.17) is 0 Å². The summed E-state index contributed by atoms with van der Waals surface area (Å²) in [6, 6.07) is 1.75. The number of pyridine rings is 1. The van der Waals surface area contributed by atoms with Crippen LogP contribution in [0.4, 0.5) is 0 Å². The van der Waals surface area contributed by atoms with Gasteiger partial charge < -0.3 is 0 Å². The van der Waals surface area contributed by atoms with Gasteiger partial charge in [-0.2, -0.15) is 0 Å². The van der Waals surface area contributed by atoms with Crippen LogP contribution in [0.1, 0.15) is 18.1 Å². The Morgan fingerprint density at radius 1 is 1.69 bits per heavy atom. The molecule has 68 valence electrons. The van der Waals surface area contributed by atoms with Gasteiger partial charge in [0.25, 0.3) is 0 Å². The van der Waals surface area contributed by atoms with E-state index in [1.165, 1.54) is 13.0 Å². The van der Waals surface area contributed by atoms with Crippen molar-refractivity contribution in [2.45, 2.75) is 13.8 Å². The van der Waals surface area contributed by atoms with E-state index >= 15 is 0 Å². The lowest BCUT2D eigenvalue weighted by Crippen LogP contribution is -1.93. The molecule has 1 heterocycles. The van der Waals surface area contributed by atoms with Crippen LogP contribution in [0.3, 0.4) is 0 Å². The van der Waals surface area contributed by atoms with Gasteiger partial charge in [0.2, 0.25) is 5.70 Å². The Labute approximate surface area is 76.1 Å². The third-order valence-corrected chi connectivity index (χ3v) is 1.72. The number of aryl methyl sites for hydroxylation is 1. The van der Waals surface area contributed by atoms with E-state index < -0.39 is 4.92 Å². The molecule has 0 aliphatic rings. The summed E-state index contributed by atoms with van der Waals surface area (Å²) in [5.41, 5.74) is 1.90. The van der Waals surface area contributed by atoms with E-state index in [-0.39, 0.29) is 5.70 Å². The van der Waals surface area contributed by atoms with Gasteiger partial charge in [-0.1, -0.05) is 0 Å². The fourth-order valence-corrected chi connectivity index (χ4v) is 0.924. The fraction of sp³-hybridized carbons (Fsp3) is 0.222. The van der Waals surface area contributed by atoms with E-state index in [1.807, 2.05) is 6.92 Å². The number of hydrogen-bond acceptors (Lipinski definition) is 3. The first-order valence-electron chi connectivity index (χ1n) is 3.84. The van der Waals surface area contributed by atoms with Crippen molar-refractivity contribution < 1.29 is 4.92 Å². The van der Waals surface area contributed by atoms with E-state index in [9.17, 15) is 10.1 Å². The van der Waals surface area contributed by atoms with Crippen LogP contribution in [0, 0.1) is 17.0 Å². The molecule has 0 amide bonds. The molecule has 0 spiro atoms. The summed E-state index contributed by atoms with van der Waals surface area (Å²) in [7, 11) is 0. The Morgan fingerprint density at radius 3 is 2.92 bits per heavy atom. The van der Waals surface area contributed by atoms with Crippen molar-refractivity contribution >= 4 is 6.08 Å². The van der Waals surface area contributed by atoms with Crippen molar-refractivity contribution in [3.8, 4) is 0 Å². The van der Waals surface area contributed by atoms with Gasteiger partial charge in [-0.05, 0) is 24.1 Å². The van der Waals surface area contributed by atoms with Crippen molar-refractivity contribution in [1.82, 2.24) is 4.98 Å². The average Bonchev–Trinajstić information content (AvgIpc) is 2.08. The highest BCUT2D eigenvalue weighted by atomic mass is 16.6. The van der Waals surface area contributed by atoms with Crippen LogP contribution in [-0.4, -0.2) is 9.91 Å². The standard InChI is InChI=1S/C9H10N2O2/c1-7-6-10-4-3-9(7)5-8(2)11(12)13/h3-6H,1-2H3/b8-5-. The molecule has 0 aromatic carbocycles. The number of aromatic nitrogens is 1. The lowest BCUT2D eigenvalue weighted by molar-refractivity contribution is -0.422. The maximum absolute atomic E-state index is 10.3. The molecule has 1 rings (SSSR count). The Bertz CT molecular complexity index is 358. The zero-order valence-corrected chi connectivity index (χ0v) is 7.52. The summed E-state index contributed by atoms with van der Waals surface area (Å²) < 4.78 is 0. The number of hydrogen-bond donors (Lipinski definition) is 0. The first kappa shape index (κ1) is 9.38. The molecule has 0 saturated heterocycles. The summed E-state index contributed by atoms with van der Waals surface area (Å²) >= 11 is 0. The Morgan fingerprint density at radius 2 is 2.38 bits per heavy atom. The van der Waals surface area contributed by atoms with Crippen molar-refractivity contribution in [2.24, 2.45) is 0 Å². The molecular weight excluding hydrogens is 168 g/mol. The van der Waals surface area contributed by atoms with Gasteiger partial charge >= 0.3 is 0 Å². The largest absolute Gasteiger partial charge is 0.264 e. The topological polar surface area (TPSA) is 56.0 Å². The number of nitrogens with zero attached hydrogens (tertiary/aromatic N) is 2. The third-order valence-electron chi connectivity index (χ3n) is 1.72. The molecule has 0 unspecified atom stereocenters. The average molecular weight is 178 g/mol. The lowest BCUT2D eigenvalue weighted by Gasteiger charge is -1.97. The Balaban J connectivity index is 3.04. The molecule has 0 aliphatic heterocycles. The molecule has 0 bridgehead atoms. The van der Waals surface area contributed by atoms with Crippen LogP contribution in [0.5, 0.6) is 0 Å². The summed E-state index contributed by atoms with van der Waals surface area (Å²) in [5, 5.41) is 10.3. The highest BCUT2D eigenvalue weighted by molar-refractivity contribution is 5.53. The van der Waals surface area contributed by atoms with Gasteiger partial charge in [-0.15, -0.1) is 0 Å². The van der Waals surface area contributed by atoms with E-state index in [0.29, 0.717) is 0 Å². The smallest absolute Gasteiger partial charge is 0.243 e. The molecule has 0 radical (unpaired) electrons. The van der Waals surface area contributed by atoms with Crippen molar-refractivity contribution in [2.75, 3.05) is 0 Å². The molecule has 0 aliphatic carbocycles. The summed E-state index contributed by atoms with van der Waals surface area (Å²) in [6.07, 6.45) is 4.84. The molecular formula is C9H10N2O2. The van der Waals surface area contributed by atoms with Crippen molar-refractivity contribution in [3.05, 3.63) is 45.4 Å². The molecule has 1 aromatic heterocycles. The van der Waals surface area contributed by atoms with Crippen LogP contribution in [0.25, 0.3) is 6.08 Å². The maximum atomic E-state index is 10.3. The predicted octanol–water partition coefficient (Wildman–Crippen LogP) is 2.03. The van der Waals surface area contributed by atoms with Crippen LogP contribution in [0.15, 0.2) is 24.2 Å². The zero-order valence-electron chi connectivity index (χ0n) is 7.52. The first-order valence-corrected chi connectivity index (χ1v) is 3.84. The minimum Gasteiger partial charge on any atom is -0.264 e.